The molecule has 1 saturated heterocycles. The first-order valence-electron chi connectivity index (χ1n) is 5.96. The van der Waals surface area contributed by atoms with Gasteiger partial charge in [0.2, 0.25) is 17.0 Å². The van der Waals surface area contributed by atoms with E-state index in [1.807, 2.05) is 0 Å². The lowest BCUT2D eigenvalue weighted by Crippen LogP contribution is -2.31. The highest BCUT2D eigenvalue weighted by molar-refractivity contribution is 14.1. The van der Waals surface area contributed by atoms with Crippen molar-refractivity contribution in [3.8, 4) is 0 Å². The predicted octanol–water partition coefficient (Wildman–Crippen LogP) is 1.47. The van der Waals surface area contributed by atoms with Crippen LogP contribution in [0.15, 0.2) is 0 Å². The van der Waals surface area contributed by atoms with Crippen molar-refractivity contribution in [3.05, 3.63) is 0 Å². The van der Waals surface area contributed by atoms with Crippen molar-refractivity contribution < 1.29 is 14.4 Å². The summed E-state index contributed by atoms with van der Waals surface area (Å²) in [5, 5.41) is 0.711. The summed E-state index contributed by atoms with van der Waals surface area (Å²) < 4.78 is 0. The molecule has 1 aliphatic rings. The molecule has 0 aromatic carbocycles. The molecule has 0 aromatic heterocycles. The average molecular weight is 349 g/mol. The molecule has 0 aliphatic carbocycles. The van der Waals surface area contributed by atoms with Crippen LogP contribution in [-0.2, 0) is 14.4 Å². The second-order valence-corrected chi connectivity index (χ2v) is 5.33. The van der Waals surface area contributed by atoms with Crippen LogP contribution in [0.1, 0.15) is 39.0 Å². The fourth-order valence-electron chi connectivity index (χ4n) is 1.93. The van der Waals surface area contributed by atoms with Crippen LogP contribution >= 0.6 is 22.4 Å². The van der Waals surface area contributed by atoms with Gasteiger partial charge in [0.15, 0.2) is 0 Å². The van der Waals surface area contributed by atoms with E-state index in [9.17, 15) is 14.4 Å². The molecule has 1 rings (SSSR count). The van der Waals surface area contributed by atoms with Gasteiger partial charge in [-0.05, 0) is 19.8 Å². The average Bonchev–Trinajstić information content (AvgIpc) is 2.54. The Bertz CT molecular complexity index is 322. The molecular weight excluding hydrogens is 332 g/mol. The third-order valence-electron chi connectivity index (χ3n) is 2.93. The summed E-state index contributed by atoms with van der Waals surface area (Å²) in [5.74, 6) is 0.0304. The molecule has 0 spiro atoms. The number of likely N-dealkylation sites (tertiary alicyclic amines) is 1. The zero-order chi connectivity index (χ0) is 12.8. The van der Waals surface area contributed by atoms with Gasteiger partial charge in [-0.1, -0.05) is 6.42 Å². The molecule has 1 heterocycles. The number of hydrogen-bond acceptors (Lipinski definition) is 3. The van der Waals surface area contributed by atoms with Crippen LogP contribution in [0.5, 0.6) is 0 Å². The lowest BCUT2D eigenvalue weighted by molar-refractivity contribution is -0.138. The number of nitrogens with zero attached hydrogens (tertiary/aromatic N) is 1. The number of amides is 2. The lowest BCUT2D eigenvalue weighted by Gasteiger charge is -2.14. The maximum atomic E-state index is 11.8. The molecule has 17 heavy (non-hydrogen) atoms. The van der Waals surface area contributed by atoms with E-state index in [2.05, 4.69) is 22.4 Å². The smallest absolute Gasteiger partial charge is 0.229 e. The molecule has 1 fully saturated rings. The number of halogens is 1. The topological polar surface area (TPSA) is 54.5 Å². The lowest BCUT2D eigenvalue weighted by atomic mass is 9.86. The third kappa shape index (κ3) is 4.41. The normalized spacial score (nSPS) is 19.9. The van der Waals surface area contributed by atoms with E-state index < -0.39 is 0 Å². The van der Waals surface area contributed by atoms with Gasteiger partial charge in [0.25, 0.3) is 0 Å². The zero-order valence-electron chi connectivity index (χ0n) is 10.1. The Labute approximate surface area is 116 Å². The Balaban J connectivity index is 2.25. The van der Waals surface area contributed by atoms with Crippen LogP contribution in [0.4, 0.5) is 0 Å². The molecule has 0 N–H and O–H groups in total. The van der Waals surface area contributed by atoms with Crippen molar-refractivity contribution in [2.24, 2.45) is 0 Å². The van der Waals surface area contributed by atoms with Crippen molar-refractivity contribution in [2.75, 3.05) is 6.54 Å². The van der Waals surface area contributed by atoms with Gasteiger partial charge in [0.1, 0.15) is 5.78 Å². The molecule has 6 heteroatoms. The second kappa shape index (κ2) is 7.13. The summed E-state index contributed by atoms with van der Waals surface area (Å²) in [6, 6.07) is 0. The van der Waals surface area contributed by atoms with Gasteiger partial charge < -0.3 is 4.79 Å². The molecule has 1 unspecified atom stereocenters. The summed E-state index contributed by atoms with van der Waals surface area (Å²) in [6.45, 7) is 2.10. The summed E-state index contributed by atoms with van der Waals surface area (Å²) >= 11 is 2.15. The summed E-state index contributed by atoms with van der Waals surface area (Å²) in [7, 11) is 0. The van der Waals surface area contributed by atoms with Gasteiger partial charge in [-0.15, -0.1) is 0 Å². The molecule has 0 bridgehead atoms. The van der Waals surface area contributed by atoms with Crippen molar-refractivity contribution in [1.29, 1.82) is 0 Å². The number of carbonyl (C=O) groups excluding carboxylic acids is 3. The van der Waals surface area contributed by atoms with E-state index in [4.69, 9.17) is 0 Å². The number of ketones is 1. The highest BCUT2D eigenvalue weighted by atomic mass is 127. The van der Waals surface area contributed by atoms with Gasteiger partial charge in [0, 0.05) is 25.2 Å². The van der Waals surface area contributed by atoms with Gasteiger partial charge in [0.05, 0.1) is 0 Å². The largest absolute Gasteiger partial charge is 0.300 e. The molecule has 1 atom stereocenters. The van der Waals surface area contributed by atoms with E-state index in [1.165, 1.54) is 4.90 Å². The molecule has 0 aromatic rings. The standard InChI is InChI=1S/C11H17BINO3/c1-8(15)5-3-2-4-6-14-10(16)7-9(12-13)11(14)17/h9,12H,2-7H2,1H3. The fraction of sp³-hybridized carbons (Fsp3) is 0.727. The monoisotopic (exact) mass is 349 g/mol. The number of carbonyl (C=O) groups is 3. The van der Waals surface area contributed by atoms with Gasteiger partial charge in [-0.3, -0.25) is 14.5 Å². The van der Waals surface area contributed by atoms with Crippen LogP contribution in [0, 0.1) is 0 Å². The van der Waals surface area contributed by atoms with E-state index in [1.54, 1.807) is 6.92 Å². The number of Topliss-reactive ketones (excluding diaryl/α,β-unsaturated/α-hetero) is 1. The molecular formula is C11H17BINO3. The first-order chi connectivity index (χ1) is 8.06. The molecule has 94 valence electrons. The molecule has 2 amide bonds. The highest BCUT2D eigenvalue weighted by Gasteiger charge is 2.37. The van der Waals surface area contributed by atoms with Gasteiger partial charge >= 0.3 is 0 Å². The summed E-state index contributed by atoms with van der Waals surface area (Å²) in [5.41, 5.74) is 0. The Hall–Kier alpha value is -0.395. The minimum absolute atomic E-state index is 0.0176. The molecule has 0 saturated carbocycles. The molecule has 4 nitrogen and oxygen atoms in total. The number of rotatable bonds is 7. The SMILES string of the molecule is CC(=O)CCCCCN1C(=O)CC(BI)C1=O. The zero-order valence-corrected chi connectivity index (χ0v) is 12.2. The fourth-order valence-corrected chi connectivity index (χ4v) is 2.62. The van der Waals surface area contributed by atoms with Gasteiger partial charge in [-0.2, -0.15) is 22.4 Å². The van der Waals surface area contributed by atoms with E-state index in [0.717, 1.165) is 19.3 Å². The van der Waals surface area contributed by atoms with Crippen molar-refractivity contribution >= 4 is 45.1 Å². The first-order valence-corrected chi connectivity index (χ1v) is 7.48. The van der Waals surface area contributed by atoms with E-state index in [-0.39, 0.29) is 23.4 Å². The number of hydrogen-bond donors (Lipinski definition) is 0. The Morgan fingerprint density at radius 1 is 1.41 bits per heavy atom. The quantitative estimate of drug-likeness (QED) is 0.303. The summed E-state index contributed by atoms with van der Waals surface area (Å²) in [4.78, 5) is 35.5. The number of unbranched alkanes of at least 4 members (excludes halogenated alkanes) is 2. The maximum Gasteiger partial charge on any atom is 0.229 e. The first kappa shape index (κ1) is 14.7. The van der Waals surface area contributed by atoms with Crippen LogP contribution in [0.2, 0.25) is 5.82 Å². The predicted molar refractivity (Wildman–Crippen MR) is 75.4 cm³/mol. The minimum Gasteiger partial charge on any atom is -0.300 e. The van der Waals surface area contributed by atoms with Crippen molar-refractivity contribution in [1.82, 2.24) is 4.90 Å². The van der Waals surface area contributed by atoms with E-state index >= 15 is 0 Å². The van der Waals surface area contributed by atoms with Gasteiger partial charge in [-0.25, -0.2) is 0 Å². The summed E-state index contributed by atoms with van der Waals surface area (Å²) in [6.07, 6.45) is 3.51. The van der Waals surface area contributed by atoms with Crippen molar-refractivity contribution in [3.63, 3.8) is 0 Å². The number of imide groups is 1. The van der Waals surface area contributed by atoms with Crippen LogP contribution in [0.3, 0.4) is 0 Å². The Morgan fingerprint density at radius 2 is 2.12 bits per heavy atom. The molecule has 0 radical (unpaired) electrons. The third-order valence-corrected chi connectivity index (χ3v) is 4.00. The van der Waals surface area contributed by atoms with Crippen LogP contribution in [-0.4, -0.2) is 34.2 Å². The second-order valence-electron chi connectivity index (χ2n) is 4.45. The van der Waals surface area contributed by atoms with Crippen molar-refractivity contribution in [2.45, 2.75) is 44.8 Å². The minimum atomic E-state index is -0.111. The van der Waals surface area contributed by atoms with E-state index in [0.29, 0.717) is 24.5 Å². The van der Waals surface area contributed by atoms with Crippen LogP contribution in [0.25, 0.3) is 0 Å². The highest BCUT2D eigenvalue weighted by Crippen LogP contribution is 2.25. The molecule has 1 aliphatic heterocycles. The Kier molecular flexibility index (Phi) is 6.15. The Morgan fingerprint density at radius 3 is 2.65 bits per heavy atom. The maximum absolute atomic E-state index is 11.8. The van der Waals surface area contributed by atoms with Crippen LogP contribution < -0.4 is 0 Å².